The van der Waals surface area contributed by atoms with Crippen LogP contribution in [0.1, 0.15) is 29.3 Å². The molecule has 0 spiro atoms. The highest BCUT2D eigenvalue weighted by atomic mass is 32.1. The maximum Gasteiger partial charge on any atom is 0.251 e. The molecule has 1 aromatic rings. The van der Waals surface area contributed by atoms with Gasteiger partial charge in [-0.05, 0) is 37.1 Å². The average molecular weight is 209 g/mol. The van der Waals surface area contributed by atoms with E-state index in [0.717, 1.165) is 29.0 Å². The molecule has 3 heteroatoms. The molecule has 0 bridgehead atoms. The molecule has 0 aliphatic heterocycles. The van der Waals surface area contributed by atoms with Crippen molar-refractivity contribution >= 4 is 18.5 Å². The molecule has 1 amide bonds. The molecule has 0 saturated heterocycles. The number of nitrogens with one attached hydrogen (secondary N) is 1. The minimum absolute atomic E-state index is 0.00215. The Morgan fingerprint density at radius 3 is 2.79 bits per heavy atom. The summed E-state index contributed by atoms with van der Waals surface area (Å²) < 4.78 is 0. The zero-order valence-electron chi connectivity index (χ0n) is 8.50. The van der Waals surface area contributed by atoms with Crippen molar-refractivity contribution < 1.29 is 4.79 Å². The first-order valence-corrected chi connectivity index (χ1v) is 5.17. The molecule has 0 heterocycles. The number of aryl methyl sites for hydroxylation is 1. The Hall–Kier alpha value is -0.960. The Morgan fingerprint density at radius 1 is 1.50 bits per heavy atom. The van der Waals surface area contributed by atoms with E-state index in [1.165, 1.54) is 0 Å². The fraction of sp³-hybridized carbons (Fsp3) is 0.364. The van der Waals surface area contributed by atoms with Crippen LogP contribution in [0.2, 0.25) is 0 Å². The quantitative estimate of drug-likeness (QED) is 0.735. The van der Waals surface area contributed by atoms with Gasteiger partial charge < -0.3 is 5.32 Å². The van der Waals surface area contributed by atoms with E-state index in [1.54, 1.807) is 0 Å². The zero-order valence-corrected chi connectivity index (χ0v) is 9.40. The van der Waals surface area contributed by atoms with Crippen LogP contribution in [-0.4, -0.2) is 12.5 Å². The van der Waals surface area contributed by atoms with Gasteiger partial charge in [0.15, 0.2) is 0 Å². The van der Waals surface area contributed by atoms with E-state index < -0.39 is 0 Å². The third-order valence-electron chi connectivity index (χ3n) is 1.99. The van der Waals surface area contributed by atoms with Gasteiger partial charge in [-0.1, -0.05) is 6.92 Å². The number of hydrogen-bond donors (Lipinski definition) is 2. The van der Waals surface area contributed by atoms with Crippen LogP contribution < -0.4 is 5.32 Å². The molecule has 0 atom stereocenters. The molecule has 14 heavy (non-hydrogen) atoms. The lowest BCUT2D eigenvalue weighted by atomic mass is 10.1. The Balaban J connectivity index is 2.80. The Morgan fingerprint density at radius 2 is 2.21 bits per heavy atom. The van der Waals surface area contributed by atoms with Gasteiger partial charge in [-0.2, -0.15) is 0 Å². The van der Waals surface area contributed by atoms with Gasteiger partial charge in [0.05, 0.1) is 0 Å². The van der Waals surface area contributed by atoms with E-state index in [9.17, 15) is 4.79 Å². The summed E-state index contributed by atoms with van der Waals surface area (Å²) in [7, 11) is 0. The minimum Gasteiger partial charge on any atom is -0.352 e. The average Bonchev–Trinajstić information content (AvgIpc) is 2.14. The summed E-state index contributed by atoms with van der Waals surface area (Å²) >= 11 is 4.21. The van der Waals surface area contributed by atoms with Crippen LogP contribution in [0.4, 0.5) is 0 Å². The van der Waals surface area contributed by atoms with Gasteiger partial charge in [0.1, 0.15) is 0 Å². The van der Waals surface area contributed by atoms with E-state index in [2.05, 4.69) is 17.9 Å². The molecule has 1 rings (SSSR count). The van der Waals surface area contributed by atoms with Crippen molar-refractivity contribution in [3.8, 4) is 0 Å². The van der Waals surface area contributed by atoms with Crippen LogP contribution in [-0.2, 0) is 0 Å². The molecular formula is C11H15NOS. The van der Waals surface area contributed by atoms with Crippen LogP contribution in [0.25, 0.3) is 0 Å². The van der Waals surface area contributed by atoms with Crippen LogP contribution >= 0.6 is 12.6 Å². The van der Waals surface area contributed by atoms with Crippen molar-refractivity contribution in [2.75, 3.05) is 6.54 Å². The second kappa shape index (κ2) is 5.05. The highest BCUT2D eigenvalue weighted by Crippen LogP contribution is 2.13. The molecule has 0 aliphatic rings. The van der Waals surface area contributed by atoms with E-state index in [1.807, 2.05) is 32.0 Å². The number of carbonyl (C=O) groups is 1. The second-order valence-corrected chi connectivity index (χ2v) is 3.77. The molecule has 0 fully saturated rings. The van der Waals surface area contributed by atoms with E-state index in [4.69, 9.17) is 0 Å². The zero-order chi connectivity index (χ0) is 10.6. The monoisotopic (exact) mass is 209 g/mol. The summed E-state index contributed by atoms with van der Waals surface area (Å²) in [6.07, 6.45) is 0.954. The largest absolute Gasteiger partial charge is 0.352 e. The molecule has 2 nitrogen and oxygen atoms in total. The highest BCUT2D eigenvalue weighted by Gasteiger charge is 2.07. The number of benzene rings is 1. The summed E-state index contributed by atoms with van der Waals surface area (Å²) in [5, 5.41) is 2.85. The van der Waals surface area contributed by atoms with Crippen LogP contribution in [0.5, 0.6) is 0 Å². The van der Waals surface area contributed by atoms with E-state index >= 15 is 0 Å². The van der Waals surface area contributed by atoms with Crippen molar-refractivity contribution in [3.05, 3.63) is 29.3 Å². The van der Waals surface area contributed by atoms with Crippen molar-refractivity contribution in [3.63, 3.8) is 0 Å². The Kier molecular flexibility index (Phi) is 4.01. The molecule has 0 unspecified atom stereocenters. The first kappa shape index (κ1) is 11.1. The first-order valence-electron chi connectivity index (χ1n) is 4.73. The number of thiol groups is 1. The van der Waals surface area contributed by atoms with Gasteiger partial charge in [-0.3, -0.25) is 4.79 Å². The fourth-order valence-corrected chi connectivity index (χ4v) is 1.50. The van der Waals surface area contributed by atoms with Crippen LogP contribution in [0.3, 0.4) is 0 Å². The summed E-state index contributed by atoms with van der Waals surface area (Å²) in [6, 6.07) is 5.53. The fourth-order valence-electron chi connectivity index (χ4n) is 1.24. The van der Waals surface area contributed by atoms with E-state index in [-0.39, 0.29) is 5.91 Å². The van der Waals surface area contributed by atoms with Gasteiger partial charge in [0.2, 0.25) is 0 Å². The SMILES string of the molecule is CCCNC(=O)c1ccc(S)cc1C. The molecule has 76 valence electrons. The van der Waals surface area contributed by atoms with Gasteiger partial charge in [-0.25, -0.2) is 0 Å². The number of amides is 1. The number of hydrogen-bond acceptors (Lipinski definition) is 2. The lowest BCUT2D eigenvalue weighted by molar-refractivity contribution is 0.0953. The van der Waals surface area contributed by atoms with Crippen molar-refractivity contribution in [1.29, 1.82) is 0 Å². The lowest BCUT2D eigenvalue weighted by Crippen LogP contribution is -2.24. The molecule has 1 aromatic carbocycles. The smallest absolute Gasteiger partial charge is 0.251 e. The van der Waals surface area contributed by atoms with Gasteiger partial charge in [0.25, 0.3) is 5.91 Å². The maximum atomic E-state index is 11.6. The van der Waals surface area contributed by atoms with Crippen molar-refractivity contribution in [1.82, 2.24) is 5.32 Å². The number of carbonyl (C=O) groups excluding carboxylic acids is 1. The highest BCUT2D eigenvalue weighted by molar-refractivity contribution is 7.80. The Bertz CT molecular complexity index is 336. The van der Waals surface area contributed by atoms with Gasteiger partial charge >= 0.3 is 0 Å². The number of rotatable bonds is 3. The topological polar surface area (TPSA) is 29.1 Å². The van der Waals surface area contributed by atoms with E-state index in [0.29, 0.717) is 0 Å². The normalized spacial score (nSPS) is 9.93. The van der Waals surface area contributed by atoms with Gasteiger partial charge in [-0.15, -0.1) is 12.6 Å². The maximum absolute atomic E-state index is 11.6. The van der Waals surface area contributed by atoms with Crippen LogP contribution in [0, 0.1) is 6.92 Å². The predicted molar refractivity (Wildman–Crippen MR) is 61.1 cm³/mol. The molecule has 1 N–H and O–H groups in total. The molecule has 0 aliphatic carbocycles. The first-order chi connectivity index (χ1) is 6.65. The molecule has 0 radical (unpaired) electrons. The summed E-state index contributed by atoms with van der Waals surface area (Å²) in [6.45, 7) is 4.67. The minimum atomic E-state index is -0.00215. The predicted octanol–water partition coefficient (Wildman–Crippen LogP) is 2.42. The molecule has 0 saturated carbocycles. The van der Waals surface area contributed by atoms with Crippen molar-refractivity contribution in [2.24, 2.45) is 0 Å². The molecular weight excluding hydrogens is 194 g/mol. The third-order valence-corrected chi connectivity index (χ3v) is 2.27. The third kappa shape index (κ3) is 2.77. The summed E-state index contributed by atoms with van der Waals surface area (Å²) in [4.78, 5) is 12.5. The second-order valence-electron chi connectivity index (χ2n) is 3.26. The van der Waals surface area contributed by atoms with Crippen LogP contribution in [0.15, 0.2) is 23.1 Å². The van der Waals surface area contributed by atoms with Crippen molar-refractivity contribution in [2.45, 2.75) is 25.2 Å². The van der Waals surface area contributed by atoms with Gasteiger partial charge in [0, 0.05) is 17.0 Å². The summed E-state index contributed by atoms with van der Waals surface area (Å²) in [5.74, 6) is -0.00215. The summed E-state index contributed by atoms with van der Waals surface area (Å²) in [5.41, 5.74) is 1.70. The molecule has 0 aromatic heterocycles. The standard InChI is InChI=1S/C11H15NOS/c1-3-6-12-11(13)10-5-4-9(14)7-8(10)2/h4-5,7,14H,3,6H2,1-2H3,(H,12,13). The Labute approximate surface area is 90.1 Å². The lowest BCUT2D eigenvalue weighted by Gasteiger charge is -2.06.